The van der Waals surface area contributed by atoms with Crippen LogP contribution in [0, 0.1) is 0 Å². The Morgan fingerprint density at radius 2 is 1.05 bits per heavy atom. The van der Waals surface area contributed by atoms with E-state index in [1.54, 1.807) is 12.1 Å². The van der Waals surface area contributed by atoms with E-state index in [9.17, 15) is 9.59 Å². The number of rotatable bonds is 14. The van der Waals surface area contributed by atoms with E-state index in [0.29, 0.717) is 68.2 Å². The number of hydrogen-bond acceptors (Lipinski definition) is 9. The lowest BCUT2D eigenvalue weighted by Gasteiger charge is -2.21. The van der Waals surface area contributed by atoms with Crippen molar-refractivity contribution in [3.8, 4) is 34.5 Å². The molecule has 2 aromatic carbocycles. The first-order valence-electron chi connectivity index (χ1n) is 11.4. The number of benzene rings is 2. The summed E-state index contributed by atoms with van der Waals surface area (Å²) in [5, 5.41) is 0. The Kier molecular flexibility index (Phi) is 12.4. The average Bonchev–Trinajstić information content (AvgIpc) is 2.88. The summed E-state index contributed by atoms with van der Waals surface area (Å²) in [6.07, 6.45) is 2.13. The molecule has 0 unspecified atom stereocenters. The van der Waals surface area contributed by atoms with E-state index in [1.807, 2.05) is 27.7 Å². The molecule has 0 bridgehead atoms. The molecule has 0 atom stereocenters. The number of esters is 2. The van der Waals surface area contributed by atoms with Crippen LogP contribution in [-0.4, -0.2) is 38.4 Å². The van der Waals surface area contributed by atoms with Gasteiger partial charge in [0.05, 0.1) is 36.2 Å². The normalized spacial score (nSPS) is 10.3. The molecule has 2 aromatic rings. The summed E-state index contributed by atoms with van der Waals surface area (Å²) in [6, 6.07) is 3.43. The van der Waals surface area contributed by atoms with E-state index < -0.39 is 11.9 Å². The Bertz CT molecular complexity index is 1080. The van der Waals surface area contributed by atoms with Crippen molar-refractivity contribution in [3.05, 3.63) is 46.4 Å². The zero-order valence-electron chi connectivity index (χ0n) is 21.0. The summed E-state index contributed by atoms with van der Waals surface area (Å²) in [5.74, 6) is 0.585. The number of carbonyl (C=O) groups is 2. The van der Waals surface area contributed by atoms with Gasteiger partial charge in [0.15, 0.2) is 34.5 Å². The minimum Gasteiger partial charge on any atom is -0.491 e. The fraction of sp³-hybridized carbons (Fsp3) is 0.308. The summed E-state index contributed by atoms with van der Waals surface area (Å²) >= 11 is 8.33. The lowest BCUT2D eigenvalue weighted by atomic mass is 10.3. The molecular weight excluding hydrogens is 632 g/mol. The molecule has 37 heavy (non-hydrogen) atoms. The van der Waals surface area contributed by atoms with Gasteiger partial charge in [0.1, 0.15) is 8.95 Å². The van der Waals surface area contributed by atoms with Crippen molar-refractivity contribution < 1.29 is 38.0 Å². The molecule has 0 N–H and O–H groups in total. The predicted molar refractivity (Wildman–Crippen MR) is 149 cm³/mol. The maximum Gasteiger partial charge on any atom is 0.335 e. The summed E-state index contributed by atoms with van der Waals surface area (Å²) in [7, 11) is 0. The Hall–Kier alpha value is -2.63. The molecule has 0 fully saturated rings. The highest BCUT2D eigenvalue weighted by Crippen LogP contribution is 2.54. The van der Waals surface area contributed by atoms with E-state index in [4.69, 9.17) is 28.4 Å². The van der Waals surface area contributed by atoms with Crippen LogP contribution in [0.1, 0.15) is 27.7 Å². The first-order valence-corrected chi connectivity index (χ1v) is 13.8. The molecule has 0 saturated carbocycles. The molecule has 0 amide bonds. The predicted octanol–water partition coefficient (Wildman–Crippen LogP) is 7.14. The minimum absolute atomic E-state index is 0.174. The van der Waals surface area contributed by atoms with Crippen molar-refractivity contribution in [2.45, 2.75) is 37.5 Å². The van der Waals surface area contributed by atoms with E-state index >= 15 is 0 Å². The van der Waals surface area contributed by atoms with E-state index in [1.165, 1.54) is 11.8 Å². The Labute approximate surface area is 237 Å². The second-order valence-electron chi connectivity index (χ2n) is 6.77. The summed E-state index contributed by atoms with van der Waals surface area (Å²) in [6.45, 7) is 15.6. The minimum atomic E-state index is -0.641. The third kappa shape index (κ3) is 7.68. The van der Waals surface area contributed by atoms with E-state index in [0.717, 1.165) is 12.2 Å². The highest BCUT2D eigenvalue weighted by molar-refractivity contribution is 9.11. The van der Waals surface area contributed by atoms with E-state index in [-0.39, 0.29) is 11.5 Å². The van der Waals surface area contributed by atoms with Crippen LogP contribution in [0.4, 0.5) is 0 Å². The first-order chi connectivity index (χ1) is 17.8. The van der Waals surface area contributed by atoms with Gasteiger partial charge in [0.25, 0.3) is 0 Å². The monoisotopic (exact) mass is 658 g/mol. The summed E-state index contributed by atoms with van der Waals surface area (Å²) < 4.78 is 35.1. The maximum atomic E-state index is 12.0. The Morgan fingerprint density at radius 3 is 1.35 bits per heavy atom. The second kappa shape index (κ2) is 14.9. The third-order valence-electron chi connectivity index (χ3n) is 4.35. The fourth-order valence-electron chi connectivity index (χ4n) is 2.97. The molecule has 11 heteroatoms. The van der Waals surface area contributed by atoms with E-state index in [2.05, 4.69) is 45.0 Å². The van der Waals surface area contributed by atoms with Crippen molar-refractivity contribution >= 4 is 55.6 Å². The van der Waals surface area contributed by atoms with Crippen molar-refractivity contribution in [2.24, 2.45) is 0 Å². The van der Waals surface area contributed by atoms with Crippen LogP contribution in [0.3, 0.4) is 0 Å². The summed E-state index contributed by atoms with van der Waals surface area (Å²) in [4.78, 5) is 25.2. The third-order valence-corrected chi connectivity index (χ3v) is 6.84. The zero-order valence-corrected chi connectivity index (χ0v) is 25.0. The Morgan fingerprint density at radius 1 is 0.703 bits per heavy atom. The standard InChI is InChI=1S/C26H28Br2O8S/c1-7-19(29)35-23-15(31-9-3)13-17(25(21(23)27)33-11-5)37-18-14-16(32-10-4)24(36-20(30)8-2)22(28)26(18)34-12-6/h7-8,13-14H,1-2,9-12H2,3-6H3. The molecule has 0 aliphatic rings. The number of carbonyl (C=O) groups excluding carboxylic acids is 2. The molecule has 0 aliphatic heterocycles. The van der Waals surface area contributed by atoms with Crippen molar-refractivity contribution in [1.82, 2.24) is 0 Å². The highest BCUT2D eigenvalue weighted by Gasteiger charge is 2.26. The van der Waals surface area contributed by atoms with Gasteiger partial charge in [0, 0.05) is 24.3 Å². The van der Waals surface area contributed by atoms with Crippen LogP contribution in [0.2, 0.25) is 0 Å². The molecule has 0 saturated heterocycles. The smallest absolute Gasteiger partial charge is 0.335 e. The molecule has 0 heterocycles. The first kappa shape index (κ1) is 30.6. The van der Waals surface area contributed by atoms with Crippen LogP contribution in [-0.2, 0) is 9.59 Å². The number of halogens is 2. The molecule has 0 aromatic heterocycles. The SMILES string of the molecule is C=CC(=O)Oc1c(OCC)cc(Sc2cc(OCC)c(OC(=O)C=C)c(Br)c2OCC)c(OCC)c1Br. The molecule has 2 rings (SSSR count). The maximum absolute atomic E-state index is 12.0. The quantitative estimate of drug-likeness (QED) is 0.119. The molecule has 0 aliphatic carbocycles. The van der Waals surface area contributed by atoms with Crippen LogP contribution in [0.15, 0.2) is 56.2 Å². The van der Waals surface area contributed by atoms with Gasteiger partial charge in [-0.2, -0.15) is 0 Å². The highest BCUT2D eigenvalue weighted by atomic mass is 79.9. The average molecular weight is 660 g/mol. The van der Waals surface area contributed by atoms with Gasteiger partial charge in [-0.05, 0) is 59.6 Å². The number of ether oxygens (including phenoxy) is 6. The van der Waals surface area contributed by atoms with Crippen LogP contribution in [0.5, 0.6) is 34.5 Å². The van der Waals surface area contributed by atoms with Gasteiger partial charge in [-0.3, -0.25) is 0 Å². The van der Waals surface area contributed by atoms with Gasteiger partial charge < -0.3 is 28.4 Å². The fourth-order valence-corrected chi connectivity index (χ4v) is 5.51. The Balaban J connectivity index is 2.76. The van der Waals surface area contributed by atoms with Gasteiger partial charge >= 0.3 is 11.9 Å². The molecular formula is C26H28Br2O8S. The van der Waals surface area contributed by atoms with Crippen LogP contribution >= 0.6 is 43.6 Å². The molecule has 0 spiro atoms. The van der Waals surface area contributed by atoms with Crippen LogP contribution in [0.25, 0.3) is 0 Å². The lowest BCUT2D eigenvalue weighted by Crippen LogP contribution is -2.08. The van der Waals surface area contributed by atoms with Gasteiger partial charge in [0.2, 0.25) is 0 Å². The van der Waals surface area contributed by atoms with Gasteiger partial charge in [-0.25, -0.2) is 9.59 Å². The topological polar surface area (TPSA) is 89.5 Å². The lowest BCUT2D eigenvalue weighted by molar-refractivity contribution is -0.130. The van der Waals surface area contributed by atoms with Gasteiger partial charge in [-0.1, -0.05) is 24.9 Å². The number of hydrogen-bond donors (Lipinski definition) is 0. The zero-order chi connectivity index (χ0) is 27.5. The largest absolute Gasteiger partial charge is 0.491 e. The molecule has 0 radical (unpaired) electrons. The van der Waals surface area contributed by atoms with Crippen molar-refractivity contribution in [3.63, 3.8) is 0 Å². The van der Waals surface area contributed by atoms with Crippen molar-refractivity contribution in [2.75, 3.05) is 26.4 Å². The summed E-state index contributed by atoms with van der Waals surface area (Å²) in [5.41, 5.74) is 0. The van der Waals surface area contributed by atoms with Gasteiger partial charge in [-0.15, -0.1) is 0 Å². The molecule has 200 valence electrons. The van der Waals surface area contributed by atoms with Crippen molar-refractivity contribution in [1.29, 1.82) is 0 Å². The second-order valence-corrected chi connectivity index (χ2v) is 9.44. The van der Waals surface area contributed by atoms with Crippen LogP contribution < -0.4 is 28.4 Å². The molecule has 8 nitrogen and oxygen atoms in total.